The van der Waals surface area contributed by atoms with Gasteiger partial charge in [0.05, 0.1) is 10.5 Å². The quantitative estimate of drug-likeness (QED) is 0.840. The Kier molecular flexibility index (Phi) is 5.06. The smallest absolute Gasteiger partial charge is 0.240 e. The molecule has 1 rings (SSSR count). The fourth-order valence-electron chi connectivity index (χ4n) is 1.55. The van der Waals surface area contributed by atoms with Crippen molar-refractivity contribution >= 4 is 10.0 Å². The Morgan fingerprint density at radius 3 is 2.37 bits per heavy atom. The average Bonchev–Trinajstić information content (AvgIpc) is 2.36. The number of nitrogens with one attached hydrogen (secondary N) is 1. The van der Waals surface area contributed by atoms with E-state index in [9.17, 15) is 17.9 Å². The highest BCUT2D eigenvalue weighted by Gasteiger charge is 2.29. The van der Waals surface area contributed by atoms with Gasteiger partial charge in [-0.05, 0) is 37.1 Å². The highest BCUT2D eigenvalue weighted by Crippen LogP contribution is 2.20. The van der Waals surface area contributed by atoms with Gasteiger partial charge in [-0.3, -0.25) is 0 Å². The normalized spacial score (nSPS) is 16.9. The molecule has 0 saturated carbocycles. The van der Waals surface area contributed by atoms with Crippen LogP contribution < -0.4 is 4.72 Å². The second-order valence-corrected chi connectivity index (χ2v) is 6.71. The number of rotatable bonds is 6. The Bertz CT molecular complexity index is 511. The minimum atomic E-state index is -3.73. The van der Waals surface area contributed by atoms with Crippen LogP contribution in [0.3, 0.4) is 0 Å². The van der Waals surface area contributed by atoms with E-state index in [2.05, 4.69) is 4.72 Å². The predicted octanol–water partition coefficient (Wildman–Crippen LogP) is 1.90. The van der Waals surface area contributed by atoms with Gasteiger partial charge in [0.2, 0.25) is 10.0 Å². The molecule has 1 aromatic carbocycles. The highest BCUT2D eigenvalue weighted by atomic mass is 32.2. The van der Waals surface area contributed by atoms with E-state index in [-0.39, 0.29) is 17.4 Å². The molecule has 0 unspecified atom stereocenters. The first-order valence-corrected chi connectivity index (χ1v) is 7.65. The van der Waals surface area contributed by atoms with E-state index in [4.69, 9.17) is 0 Å². The van der Waals surface area contributed by atoms with Crippen LogP contribution in [0.5, 0.6) is 0 Å². The number of hydrogen-bond donors (Lipinski definition) is 2. The van der Waals surface area contributed by atoms with Crippen LogP contribution in [0.25, 0.3) is 0 Å². The molecule has 0 aliphatic carbocycles. The Morgan fingerprint density at radius 1 is 1.37 bits per heavy atom. The van der Waals surface area contributed by atoms with Gasteiger partial charge in [0.1, 0.15) is 5.82 Å². The standard InChI is InChI=1S/C13H20FNO3S/c1-4-10(2)13(3,16)9-15-19(17,18)12-7-5-11(14)6-8-12/h5-8,10,15-16H,4,9H2,1-3H3/t10-,13-/m0/s1. The lowest BCUT2D eigenvalue weighted by Gasteiger charge is -2.29. The summed E-state index contributed by atoms with van der Waals surface area (Å²) < 4.78 is 39.0. The van der Waals surface area contributed by atoms with Crippen molar-refractivity contribution in [2.24, 2.45) is 5.92 Å². The van der Waals surface area contributed by atoms with Crippen molar-refractivity contribution < 1.29 is 17.9 Å². The summed E-state index contributed by atoms with van der Waals surface area (Å²) in [5.74, 6) is -0.533. The van der Waals surface area contributed by atoms with Gasteiger partial charge >= 0.3 is 0 Å². The first kappa shape index (κ1) is 16.1. The molecule has 6 heteroatoms. The monoisotopic (exact) mass is 289 g/mol. The first-order chi connectivity index (χ1) is 8.69. The zero-order valence-electron chi connectivity index (χ0n) is 11.4. The molecule has 108 valence electrons. The van der Waals surface area contributed by atoms with Crippen molar-refractivity contribution in [1.29, 1.82) is 0 Å². The van der Waals surface area contributed by atoms with E-state index in [1.54, 1.807) is 6.92 Å². The summed E-state index contributed by atoms with van der Waals surface area (Å²) in [5.41, 5.74) is -1.12. The molecule has 0 amide bonds. The van der Waals surface area contributed by atoms with E-state index >= 15 is 0 Å². The van der Waals surface area contributed by atoms with E-state index in [1.165, 1.54) is 12.1 Å². The maximum atomic E-state index is 12.7. The number of aliphatic hydroxyl groups is 1. The van der Waals surface area contributed by atoms with E-state index in [0.717, 1.165) is 18.6 Å². The molecular formula is C13H20FNO3S. The summed E-state index contributed by atoms with van der Waals surface area (Å²) in [4.78, 5) is -0.0196. The predicted molar refractivity (Wildman–Crippen MR) is 71.7 cm³/mol. The molecule has 0 bridgehead atoms. The maximum absolute atomic E-state index is 12.7. The van der Waals surface area contributed by atoms with Gasteiger partial charge in [0.25, 0.3) is 0 Å². The molecule has 0 aromatic heterocycles. The molecule has 0 aliphatic rings. The molecule has 1 aromatic rings. The van der Waals surface area contributed by atoms with Gasteiger partial charge in [0.15, 0.2) is 0 Å². The summed E-state index contributed by atoms with van der Waals surface area (Å²) in [6.07, 6.45) is 0.741. The molecule has 2 N–H and O–H groups in total. The Balaban J connectivity index is 2.79. The molecule has 0 fully saturated rings. The SMILES string of the molecule is CC[C@H](C)[C@@](C)(O)CNS(=O)(=O)c1ccc(F)cc1. The summed E-state index contributed by atoms with van der Waals surface area (Å²) in [6, 6.07) is 4.55. The molecule has 0 radical (unpaired) electrons. The lowest BCUT2D eigenvalue weighted by Crippen LogP contribution is -2.44. The number of benzene rings is 1. The number of sulfonamides is 1. The van der Waals surface area contributed by atoms with Crippen molar-refractivity contribution in [3.63, 3.8) is 0 Å². The second kappa shape index (κ2) is 5.98. The van der Waals surface area contributed by atoms with Gasteiger partial charge in [-0.25, -0.2) is 17.5 Å². The molecule has 2 atom stereocenters. The van der Waals surface area contributed by atoms with Crippen molar-refractivity contribution in [3.05, 3.63) is 30.1 Å². The highest BCUT2D eigenvalue weighted by molar-refractivity contribution is 7.89. The van der Waals surface area contributed by atoms with Crippen LogP contribution in [0, 0.1) is 11.7 Å². The molecule has 4 nitrogen and oxygen atoms in total. The molecule has 0 aliphatic heterocycles. The van der Waals surface area contributed by atoms with Crippen LogP contribution in [0.15, 0.2) is 29.2 Å². The summed E-state index contributed by atoms with van der Waals surface area (Å²) in [7, 11) is -3.73. The zero-order chi connectivity index (χ0) is 14.7. The van der Waals surface area contributed by atoms with E-state index < -0.39 is 21.4 Å². The molecular weight excluding hydrogens is 269 g/mol. The fourth-order valence-corrected chi connectivity index (χ4v) is 2.70. The maximum Gasteiger partial charge on any atom is 0.240 e. The Morgan fingerprint density at radius 2 is 1.89 bits per heavy atom. The van der Waals surface area contributed by atoms with E-state index in [0.29, 0.717) is 0 Å². The fraction of sp³-hybridized carbons (Fsp3) is 0.538. The second-order valence-electron chi connectivity index (χ2n) is 4.94. The van der Waals surface area contributed by atoms with Gasteiger partial charge in [-0.15, -0.1) is 0 Å². The topological polar surface area (TPSA) is 66.4 Å². The molecule has 0 heterocycles. The summed E-state index contributed by atoms with van der Waals surface area (Å²) >= 11 is 0. The van der Waals surface area contributed by atoms with Gasteiger partial charge in [-0.2, -0.15) is 0 Å². The molecule has 0 saturated heterocycles. The molecule has 0 spiro atoms. The van der Waals surface area contributed by atoms with Crippen LogP contribution in [0.4, 0.5) is 4.39 Å². The van der Waals surface area contributed by atoms with Crippen molar-refractivity contribution in [2.45, 2.75) is 37.7 Å². The Labute approximate surface area is 113 Å². The van der Waals surface area contributed by atoms with Crippen LogP contribution in [0.2, 0.25) is 0 Å². The summed E-state index contributed by atoms with van der Waals surface area (Å²) in [5, 5.41) is 10.2. The zero-order valence-corrected chi connectivity index (χ0v) is 12.2. The average molecular weight is 289 g/mol. The number of halogens is 1. The largest absolute Gasteiger partial charge is 0.389 e. The Hall–Kier alpha value is -0.980. The lowest BCUT2D eigenvalue weighted by atomic mass is 9.89. The van der Waals surface area contributed by atoms with E-state index in [1.807, 2.05) is 13.8 Å². The first-order valence-electron chi connectivity index (χ1n) is 6.16. The minimum Gasteiger partial charge on any atom is -0.389 e. The van der Waals surface area contributed by atoms with Crippen molar-refractivity contribution in [3.8, 4) is 0 Å². The third-order valence-electron chi connectivity index (χ3n) is 3.42. The lowest BCUT2D eigenvalue weighted by molar-refractivity contribution is 0.0102. The van der Waals surface area contributed by atoms with Gasteiger partial charge in [-0.1, -0.05) is 20.3 Å². The van der Waals surface area contributed by atoms with Crippen LogP contribution in [-0.2, 0) is 10.0 Å². The third-order valence-corrected chi connectivity index (χ3v) is 4.84. The van der Waals surface area contributed by atoms with Crippen LogP contribution in [0.1, 0.15) is 27.2 Å². The van der Waals surface area contributed by atoms with Crippen molar-refractivity contribution in [2.75, 3.05) is 6.54 Å². The van der Waals surface area contributed by atoms with Crippen molar-refractivity contribution in [1.82, 2.24) is 4.72 Å². The van der Waals surface area contributed by atoms with Crippen LogP contribution >= 0.6 is 0 Å². The van der Waals surface area contributed by atoms with Gasteiger partial charge in [0, 0.05) is 6.54 Å². The summed E-state index contributed by atoms with van der Waals surface area (Å²) in [6.45, 7) is 5.29. The number of hydrogen-bond acceptors (Lipinski definition) is 3. The molecule has 19 heavy (non-hydrogen) atoms. The minimum absolute atomic E-state index is 0.0196. The van der Waals surface area contributed by atoms with Crippen LogP contribution in [-0.4, -0.2) is 25.7 Å². The third kappa shape index (κ3) is 4.26. The van der Waals surface area contributed by atoms with Gasteiger partial charge < -0.3 is 5.11 Å².